The van der Waals surface area contributed by atoms with Gasteiger partial charge < -0.3 is 14.6 Å². The van der Waals surface area contributed by atoms with Gasteiger partial charge in [-0.15, -0.1) is 11.3 Å². The minimum atomic E-state index is -4.10. The van der Waals surface area contributed by atoms with E-state index in [0.717, 1.165) is 16.3 Å². The van der Waals surface area contributed by atoms with Gasteiger partial charge in [0.1, 0.15) is 10.8 Å². The highest BCUT2D eigenvalue weighted by Gasteiger charge is 2.52. The molecule has 2 heterocycles. The van der Waals surface area contributed by atoms with Crippen molar-refractivity contribution in [3.63, 3.8) is 0 Å². The SMILES string of the molecule is CCOc1ccc(-c2nc3ccc(S(=O)(=O)C4(C(=O)O)CCOCC4)cc3s2)cc1. The average Bonchev–Trinajstić information content (AvgIpc) is 3.18. The lowest BCUT2D eigenvalue weighted by atomic mass is 9.99. The molecule has 0 radical (unpaired) electrons. The number of sulfone groups is 1. The van der Waals surface area contributed by atoms with E-state index in [4.69, 9.17) is 9.47 Å². The summed E-state index contributed by atoms with van der Waals surface area (Å²) in [5.41, 5.74) is 1.56. The van der Waals surface area contributed by atoms with Crippen molar-refractivity contribution in [2.24, 2.45) is 0 Å². The largest absolute Gasteiger partial charge is 0.494 e. The predicted octanol–water partition coefficient (Wildman–Crippen LogP) is 3.77. The number of carboxylic acid groups (broad SMARTS) is 1. The van der Waals surface area contributed by atoms with Crippen LogP contribution in [0.3, 0.4) is 0 Å². The number of nitrogens with zero attached hydrogens (tertiary/aromatic N) is 1. The first kappa shape index (κ1) is 20.8. The van der Waals surface area contributed by atoms with Crippen LogP contribution >= 0.6 is 11.3 Å². The number of hydrogen-bond donors (Lipinski definition) is 1. The zero-order valence-electron chi connectivity index (χ0n) is 16.3. The monoisotopic (exact) mass is 447 g/mol. The van der Waals surface area contributed by atoms with E-state index in [0.29, 0.717) is 16.8 Å². The summed E-state index contributed by atoms with van der Waals surface area (Å²) in [6.45, 7) is 2.72. The summed E-state index contributed by atoms with van der Waals surface area (Å²) in [4.78, 5) is 16.6. The molecule has 1 aliphatic rings. The average molecular weight is 448 g/mol. The summed E-state index contributed by atoms with van der Waals surface area (Å²) in [6.07, 6.45) is -0.133. The third kappa shape index (κ3) is 3.46. The van der Waals surface area contributed by atoms with Crippen LogP contribution in [0.15, 0.2) is 47.4 Å². The number of aromatic nitrogens is 1. The van der Waals surface area contributed by atoms with Gasteiger partial charge in [-0.25, -0.2) is 13.4 Å². The third-order valence-electron chi connectivity index (χ3n) is 5.29. The van der Waals surface area contributed by atoms with Gasteiger partial charge in [-0.1, -0.05) is 0 Å². The van der Waals surface area contributed by atoms with Crippen LogP contribution in [0.1, 0.15) is 19.8 Å². The minimum absolute atomic E-state index is 0.00111. The lowest BCUT2D eigenvalue weighted by molar-refractivity contribution is -0.142. The molecule has 9 heteroatoms. The normalized spacial score (nSPS) is 16.4. The molecule has 2 aromatic carbocycles. The van der Waals surface area contributed by atoms with E-state index in [1.165, 1.54) is 23.5 Å². The lowest BCUT2D eigenvalue weighted by Gasteiger charge is -2.32. The van der Waals surface area contributed by atoms with E-state index >= 15 is 0 Å². The Kier molecular flexibility index (Phi) is 5.52. The van der Waals surface area contributed by atoms with Crippen LogP contribution in [0.5, 0.6) is 5.75 Å². The molecule has 0 atom stereocenters. The zero-order valence-corrected chi connectivity index (χ0v) is 18.0. The van der Waals surface area contributed by atoms with Crippen molar-refractivity contribution in [3.05, 3.63) is 42.5 Å². The van der Waals surface area contributed by atoms with E-state index in [1.54, 1.807) is 6.07 Å². The molecule has 0 unspecified atom stereocenters. The molecular weight excluding hydrogens is 426 g/mol. The second kappa shape index (κ2) is 7.98. The Morgan fingerprint density at radius 2 is 1.90 bits per heavy atom. The minimum Gasteiger partial charge on any atom is -0.494 e. The topological polar surface area (TPSA) is 103 Å². The molecule has 0 aliphatic carbocycles. The molecule has 30 heavy (non-hydrogen) atoms. The van der Waals surface area contributed by atoms with Crippen molar-refractivity contribution >= 4 is 37.4 Å². The Hall–Kier alpha value is -2.49. The van der Waals surface area contributed by atoms with Gasteiger partial charge in [0, 0.05) is 31.6 Å². The molecule has 1 saturated heterocycles. The number of thiazole rings is 1. The first-order chi connectivity index (χ1) is 14.4. The predicted molar refractivity (Wildman–Crippen MR) is 114 cm³/mol. The van der Waals surface area contributed by atoms with E-state index in [9.17, 15) is 18.3 Å². The number of rotatable bonds is 6. The van der Waals surface area contributed by atoms with Crippen LogP contribution in [0.25, 0.3) is 20.8 Å². The Morgan fingerprint density at radius 3 is 2.53 bits per heavy atom. The molecule has 0 bridgehead atoms. The van der Waals surface area contributed by atoms with E-state index < -0.39 is 20.6 Å². The number of fused-ring (bicyclic) bond motifs is 1. The summed E-state index contributed by atoms with van der Waals surface area (Å²) in [6, 6.07) is 12.1. The molecular formula is C21H21NO6S2. The van der Waals surface area contributed by atoms with Gasteiger partial charge in [0.05, 0.1) is 21.7 Å². The van der Waals surface area contributed by atoms with Crippen molar-refractivity contribution in [2.75, 3.05) is 19.8 Å². The molecule has 1 fully saturated rings. The van der Waals surface area contributed by atoms with Crippen molar-refractivity contribution in [1.82, 2.24) is 4.98 Å². The Bertz CT molecular complexity index is 1180. The van der Waals surface area contributed by atoms with Crippen LogP contribution in [-0.2, 0) is 19.4 Å². The van der Waals surface area contributed by atoms with E-state index in [1.807, 2.05) is 31.2 Å². The summed E-state index contributed by atoms with van der Waals surface area (Å²) in [5.74, 6) is -0.559. The third-order valence-corrected chi connectivity index (χ3v) is 8.84. The molecule has 0 spiro atoms. The molecule has 3 aromatic rings. The number of ether oxygens (including phenoxy) is 2. The van der Waals surface area contributed by atoms with Crippen molar-refractivity contribution in [1.29, 1.82) is 0 Å². The Morgan fingerprint density at radius 1 is 1.20 bits per heavy atom. The molecule has 158 valence electrons. The number of hydrogen-bond acceptors (Lipinski definition) is 7. The second-order valence-corrected chi connectivity index (χ2v) is 10.3. The fourth-order valence-corrected chi connectivity index (χ4v) is 6.57. The van der Waals surface area contributed by atoms with Crippen LogP contribution in [-0.4, -0.2) is 49.0 Å². The molecule has 4 rings (SSSR count). The molecule has 7 nitrogen and oxygen atoms in total. The number of aliphatic carboxylic acids is 1. The number of carboxylic acids is 1. The van der Waals surface area contributed by atoms with Crippen LogP contribution < -0.4 is 4.74 Å². The van der Waals surface area contributed by atoms with Gasteiger partial charge in [0.25, 0.3) is 0 Å². The van der Waals surface area contributed by atoms with Crippen LogP contribution in [0.4, 0.5) is 0 Å². The standard InChI is InChI=1S/C21H21NO6S2/c1-2-28-15-5-3-14(4-6-15)19-22-17-8-7-16(13-18(17)29-19)30(25,26)21(20(23)24)9-11-27-12-10-21/h3-8,13H,2,9-12H2,1H3,(H,23,24). The van der Waals surface area contributed by atoms with Gasteiger partial charge in [-0.05, 0) is 49.4 Å². The molecule has 1 aliphatic heterocycles. The second-order valence-electron chi connectivity index (χ2n) is 7.02. The van der Waals surface area contributed by atoms with Gasteiger partial charge in [-0.2, -0.15) is 0 Å². The highest BCUT2D eigenvalue weighted by atomic mass is 32.2. The van der Waals surface area contributed by atoms with Crippen molar-refractivity contribution in [3.8, 4) is 16.3 Å². The molecule has 1 N–H and O–H groups in total. The maximum absolute atomic E-state index is 13.3. The maximum atomic E-state index is 13.3. The highest BCUT2D eigenvalue weighted by Crippen LogP contribution is 2.38. The lowest BCUT2D eigenvalue weighted by Crippen LogP contribution is -2.50. The highest BCUT2D eigenvalue weighted by molar-refractivity contribution is 7.93. The van der Waals surface area contributed by atoms with Gasteiger partial charge in [0.15, 0.2) is 14.6 Å². The number of benzene rings is 2. The maximum Gasteiger partial charge on any atom is 0.325 e. The zero-order chi connectivity index (χ0) is 21.4. The summed E-state index contributed by atoms with van der Waals surface area (Å²) in [7, 11) is -4.10. The van der Waals surface area contributed by atoms with Gasteiger partial charge in [0.2, 0.25) is 0 Å². The van der Waals surface area contributed by atoms with Gasteiger partial charge >= 0.3 is 5.97 Å². The van der Waals surface area contributed by atoms with E-state index in [-0.39, 0.29) is 31.0 Å². The Labute approximate surface area is 178 Å². The molecule has 1 aromatic heterocycles. The quantitative estimate of drug-likeness (QED) is 0.613. The number of carbonyl (C=O) groups is 1. The van der Waals surface area contributed by atoms with Crippen molar-refractivity contribution < 1.29 is 27.8 Å². The molecule has 0 amide bonds. The van der Waals surface area contributed by atoms with Crippen LogP contribution in [0.2, 0.25) is 0 Å². The van der Waals surface area contributed by atoms with Gasteiger partial charge in [-0.3, -0.25) is 4.79 Å². The molecule has 0 saturated carbocycles. The summed E-state index contributed by atoms with van der Waals surface area (Å²) < 4.78 is 36.1. The first-order valence-electron chi connectivity index (χ1n) is 9.57. The Balaban J connectivity index is 1.72. The fraction of sp³-hybridized carbons (Fsp3) is 0.333. The summed E-state index contributed by atoms with van der Waals surface area (Å²) >= 11 is 1.37. The first-order valence-corrected chi connectivity index (χ1v) is 11.9. The smallest absolute Gasteiger partial charge is 0.325 e. The van der Waals surface area contributed by atoms with Crippen LogP contribution in [0, 0.1) is 0 Å². The summed E-state index contributed by atoms with van der Waals surface area (Å²) in [5, 5.41) is 10.5. The van der Waals surface area contributed by atoms with Crippen molar-refractivity contribution in [2.45, 2.75) is 29.4 Å². The van der Waals surface area contributed by atoms with E-state index in [2.05, 4.69) is 4.98 Å². The fourth-order valence-electron chi connectivity index (χ4n) is 3.58.